The molecule has 0 N–H and O–H groups in total. The number of benzene rings is 1. The van der Waals surface area contributed by atoms with E-state index in [1.807, 2.05) is 40.7 Å². The van der Waals surface area contributed by atoms with E-state index >= 15 is 0 Å². The van der Waals surface area contributed by atoms with Gasteiger partial charge >= 0.3 is 5.97 Å². The Morgan fingerprint density at radius 2 is 1.81 bits per heavy atom. The summed E-state index contributed by atoms with van der Waals surface area (Å²) in [5.74, 6) is 1.10. The second kappa shape index (κ2) is 20.0. The molecule has 0 aromatic heterocycles. The largest absolute Gasteiger partial charge is 0.463 e. The van der Waals surface area contributed by atoms with E-state index in [9.17, 15) is 9.59 Å². The highest BCUT2D eigenvalue weighted by Gasteiger charge is 2.20. The summed E-state index contributed by atoms with van der Waals surface area (Å²) >= 11 is 0. The quantitative estimate of drug-likeness (QED) is 0.204. The van der Waals surface area contributed by atoms with E-state index in [1.54, 1.807) is 0 Å². The monoisotopic (exact) mass is 430 g/mol. The van der Waals surface area contributed by atoms with E-state index < -0.39 is 0 Å². The molecule has 1 fully saturated rings. The molecule has 0 saturated heterocycles. The topological polar surface area (TPSA) is 43.4 Å². The van der Waals surface area contributed by atoms with E-state index in [4.69, 9.17) is 4.74 Å². The number of rotatable bonds is 11. The Morgan fingerprint density at radius 3 is 2.39 bits per heavy atom. The van der Waals surface area contributed by atoms with E-state index in [0.29, 0.717) is 18.1 Å². The highest BCUT2D eigenvalue weighted by atomic mass is 16.5. The maximum absolute atomic E-state index is 11.1. The first kappa shape index (κ1) is 29.1. The number of esters is 1. The molecule has 176 valence electrons. The predicted molar refractivity (Wildman–Crippen MR) is 132 cm³/mol. The Morgan fingerprint density at radius 1 is 1.10 bits per heavy atom. The minimum atomic E-state index is -0.0884. The van der Waals surface area contributed by atoms with Crippen LogP contribution in [0.3, 0.4) is 0 Å². The minimum absolute atomic E-state index is 0.0132. The van der Waals surface area contributed by atoms with E-state index in [-0.39, 0.29) is 12.1 Å². The molecule has 1 saturated carbocycles. The Kier molecular flexibility index (Phi) is 18.8. The molecule has 0 bridgehead atoms. The molecule has 1 aliphatic rings. The molecule has 0 radical (unpaired) electrons. The second-order valence-electron chi connectivity index (χ2n) is 8.23. The van der Waals surface area contributed by atoms with Crippen LogP contribution in [0.4, 0.5) is 0 Å². The summed E-state index contributed by atoms with van der Waals surface area (Å²) in [6.07, 6.45) is 15.6. The van der Waals surface area contributed by atoms with Crippen molar-refractivity contribution in [2.45, 2.75) is 111 Å². The third-order valence-corrected chi connectivity index (χ3v) is 5.12. The van der Waals surface area contributed by atoms with Gasteiger partial charge in [0.1, 0.15) is 5.78 Å². The Bertz CT molecular complexity index is 590. The molecule has 1 atom stereocenters. The number of unbranched alkanes of at least 4 members (excludes halogenated alkanes) is 3. The fraction of sp³-hybridized carbons (Fsp3) is 0.643. The predicted octanol–water partition coefficient (Wildman–Crippen LogP) is 7.87. The van der Waals surface area contributed by atoms with Crippen molar-refractivity contribution in [2.75, 3.05) is 0 Å². The van der Waals surface area contributed by atoms with Crippen LogP contribution in [0.25, 0.3) is 0 Å². The summed E-state index contributed by atoms with van der Waals surface area (Å²) in [5.41, 5.74) is 1.45. The highest BCUT2D eigenvalue weighted by molar-refractivity contribution is 5.80. The lowest BCUT2D eigenvalue weighted by molar-refractivity contribution is -0.147. The molecule has 0 unspecified atom stereocenters. The van der Waals surface area contributed by atoms with Crippen LogP contribution in [0.15, 0.2) is 42.5 Å². The molecule has 3 heteroatoms. The second-order valence-corrected chi connectivity index (χ2v) is 8.23. The normalized spacial score (nSPS) is 15.3. The van der Waals surface area contributed by atoms with Crippen LogP contribution in [0, 0.1) is 5.92 Å². The number of carbonyl (C=O) groups is 2. The summed E-state index contributed by atoms with van der Waals surface area (Å²) < 4.78 is 4.97. The van der Waals surface area contributed by atoms with Crippen LogP contribution in [0.5, 0.6) is 0 Å². The van der Waals surface area contributed by atoms with Crippen LogP contribution in [0.1, 0.15) is 104 Å². The number of ether oxygens (including phenoxy) is 1. The van der Waals surface area contributed by atoms with Crippen molar-refractivity contribution >= 4 is 11.8 Å². The number of allylic oxidation sites excluding steroid dienone is 2. The number of hydrogen-bond acceptors (Lipinski definition) is 3. The van der Waals surface area contributed by atoms with E-state index in [2.05, 4.69) is 36.4 Å². The van der Waals surface area contributed by atoms with Crippen molar-refractivity contribution < 1.29 is 14.3 Å². The summed E-state index contributed by atoms with van der Waals surface area (Å²) in [5, 5.41) is 0. The van der Waals surface area contributed by atoms with Crippen molar-refractivity contribution in [1.29, 1.82) is 0 Å². The molecule has 2 rings (SSSR count). The summed E-state index contributed by atoms with van der Waals surface area (Å²) in [6, 6.07) is 10.7. The van der Waals surface area contributed by atoms with Crippen LogP contribution in [-0.2, 0) is 20.7 Å². The van der Waals surface area contributed by atoms with Crippen LogP contribution in [-0.4, -0.2) is 17.9 Å². The minimum Gasteiger partial charge on any atom is -0.463 e. The zero-order valence-electron chi connectivity index (χ0n) is 20.7. The van der Waals surface area contributed by atoms with Gasteiger partial charge in [0.2, 0.25) is 0 Å². The fourth-order valence-corrected chi connectivity index (χ4v) is 3.57. The molecule has 0 amide bonds. The molecular weight excluding hydrogens is 384 g/mol. The average Bonchev–Trinajstić information content (AvgIpc) is 3.18. The number of carbonyl (C=O) groups excluding carboxylic acids is 2. The number of aryl methyl sites for hydroxylation is 1. The first-order chi connectivity index (χ1) is 15.0. The zero-order chi connectivity index (χ0) is 23.3. The van der Waals surface area contributed by atoms with Gasteiger partial charge in [-0.05, 0) is 64.4 Å². The molecule has 31 heavy (non-hydrogen) atoms. The summed E-state index contributed by atoms with van der Waals surface area (Å²) in [4.78, 5) is 22.1. The van der Waals surface area contributed by atoms with E-state index in [0.717, 1.165) is 32.1 Å². The van der Waals surface area contributed by atoms with Crippen molar-refractivity contribution in [3.8, 4) is 0 Å². The molecule has 1 aliphatic carbocycles. The molecule has 1 aromatic rings. The molecule has 3 nitrogen and oxygen atoms in total. The van der Waals surface area contributed by atoms with Crippen molar-refractivity contribution in [1.82, 2.24) is 0 Å². The average molecular weight is 431 g/mol. The van der Waals surface area contributed by atoms with Gasteiger partial charge in [0.25, 0.3) is 0 Å². The van der Waals surface area contributed by atoms with Gasteiger partial charge in [-0.3, -0.25) is 9.59 Å². The van der Waals surface area contributed by atoms with Gasteiger partial charge in [0.05, 0.1) is 6.10 Å². The first-order valence-electron chi connectivity index (χ1n) is 12.4. The summed E-state index contributed by atoms with van der Waals surface area (Å²) in [7, 11) is 0. The molecular formula is C28H46O3. The maximum Gasteiger partial charge on any atom is 0.306 e. The number of Topliss-reactive ketones (excluding diaryl/α,β-unsaturated/α-hetero) is 1. The zero-order valence-corrected chi connectivity index (χ0v) is 20.7. The smallest absolute Gasteiger partial charge is 0.306 e. The molecule has 0 spiro atoms. The van der Waals surface area contributed by atoms with Gasteiger partial charge in [0.15, 0.2) is 0 Å². The van der Waals surface area contributed by atoms with Gasteiger partial charge in [-0.1, -0.05) is 75.6 Å². The van der Waals surface area contributed by atoms with Crippen molar-refractivity contribution in [2.24, 2.45) is 5.92 Å². The third-order valence-electron chi connectivity index (χ3n) is 5.12. The fourth-order valence-electron chi connectivity index (χ4n) is 3.57. The summed E-state index contributed by atoms with van der Waals surface area (Å²) in [6.45, 7) is 9.71. The lowest BCUT2D eigenvalue weighted by Gasteiger charge is -2.07. The molecule has 0 aliphatic heterocycles. The van der Waals surface area contributed by atoms with Crippen LogP contribution < -0.4 is 0 Å². The SMILES string of the molecule is C/C=C\CCCC(=O)OC(C)C.CC.O=C1CC[C@H](CCCCCc2ccccc2)C1. The van der Waals surface area contributed by atoms with Crippen molar-refractivity contribution in [3.05, 3.63) is 48.0 Å². The Hall–Kier alpha value is -1.90. The van der Waals surface area contributed by atoms with Crippen molar-refractivity contribution in [3.63, 3.8) is 0 Å². The Labute approximate surface area is 191 Å². The maximum atomic E-state index is 11.1. The first-order valence-corrected chi connectivity index (χ1v) is 12.4. The third kappa shape index (κ3) is 17.5. The van der Waals surface area contributed by atoms with Crippen LogP contribution in [0.2, 0.25) is 0 Å². The van der Waals surface area contributed by atoms with Gasteiger partial charge in [-0.25, -0.2) is 0 Å². The Balaban J connectivity index is 0.000000570. The van der Waals surface area contributed by atoms with Crippen LogP contribution >= 0.6 is 0 Å². The standard InChI is InChI=1S/C16H22O.C10H18O2.C2H6/c17-16-12-11-15(13-16)10-6-2-5-9-14-7-3-1-4-8-14;1-4-5-6-7-8-10(11)12-9(2)3;1-2/h1,3-4,7-8,15H,2,5-6,9-13H2;4-5,9H,6-8H2,1-3H3;1-2H3/b;5-4-;/t15-;;/m0../s1. The lowest BCUT2D eigenvalue weighted by atomic mass is 9.98. The number of ketones is 1. The highest BCUT2D eigenvalue weighted by Crippen LogP contribution is 2.27. The molecule has 1 aromatic carbocycles. The van der Waals surface area contributed by atoms with E-state index in [1.165, 1.54) is 37.7 Å². The van der Waals surface area contributed by atoms with Gasteiger partial charge < -0.3 is 4.74 Å². The van der Waals surface area contributed by atoms with Gasteiger partial charge in [-0.15, -0.1) is 0 Å². The van der Waals surface area contributed by atoms with Gasteiger partial charge in [-0.2, -0.15) is 0 Å². The van der Waals surface area contributed by atoms with Gasteiger partial charge in [0, 0.05) is 19.3 Å². The lowest BCUT2D eigenvalue weighted by Crippen LogP contribution is -2.10. The molecule has 0 heterocycles. The number of hydrogen-bond donors (Lipinski definition) is 0.